The summed E-state index contributed by atoms with van der Waals surface area (Å²) in [5.74, 6) is 1.61. The standard InChI is InChI=1S/C14H14N4O/c15-7-9-19-11-5-3-10(4-6-11)13-17-12-2-1-8-16-14(12)18-13/h1-6,8H,7,9,15H2,(H,16,17,18). The van der Waals surface area contributed by atoms with E-state index < -0.39 is 0 Å². The third-order valence-electron chi connectivity index (χ3n) is 2.77. The van der Waals surface area contributed by atoms with Crippen LogP contribution >= 0.6 is 0 Å². The molecule has 2 heterocycles. The highest BCUT2D eigenvalue weighted by Gasteiger charge is 2.05. The van der Waals surface area contributed by atoms with E-state index in [0.717, 1.165) is 28.3 Å². The Balaban J connectivity index is 1.88. The van der Waals surface area contributed by atoms with Gasteiger partial charge in [0.1, 0.15) is 18.2 Å². The van der Waals surface area contributed by atoms with Crippen LogP contribution in [-0.2, 0) is 0 Å². The number of aromatic nitrogens is 3. The molecule has 0 radical (unpaired) electrons. The molecule has 0 bridgehead atoms. The van der Waals surface area contributed by atoms with Crippen LogP contribution in [0.2, 0.25) is 0 Å². The fourth-order valence-corrected chi connectivity index (χ4v) is 1.87. The van der Waals surface area contributed by atoms with Gasteiger partial charge in [-0.2, -0.15) is 0 Å². The van der Waals surface area contributed by atoms with Gasteiger partial charge in [-0.3, -0.25) is 0 Å². The van der Waals surface area contributed by atoms with Gasteiger partial charge in [0.25, 0.3) is 0 Å². The summed E-state index contributed by atoms with van der Waals surface area (Å²) in [7, 11) is 0. The lowest BCUT2D eigenvalue weighted by Gasteiger charge is -2.04. The number of nitrogens with two attached hydrogens (primary N) is 1. The summed E-state index contributed by atoms with van der Waals surface area (Å²) in [6.45, 7) is 1.03. The molecule has 19 heavy (non-hydrogen) atoms. The molecule has 0 fully saturated rings. The second kappa shape index (κ2) is 5.07. The van der Waals surface area contributed by atoms with E-state index in [1.165, 1.54) is 0 Å². The van der Waals surface area contributed by atoms with Crippen molar-refractivity contribution in [3.8, 4) is 17.1 Å². The Morgan fingerprint density at radius 2 is 2.00 bits per heavy atom. The minimum absolute atomic E-state index is 0.511. The summed E-state index contributed by atoms with van der Waals surface area (Å²) in [6, 6.07) is 11.6. The molecular formula is C14H14N4O. The summed E-state index contributed by atoms with van der Waals surface area (Å²) in [5, 5.41) is 0. The van der Waals surface area contributed by atoms with E-state index in [2.05, 4.69) is 15.0 Å². The number of hydrogen-bond donors (Lipinski definition) is 2. The average Bonchev–Trinajstić information content (AvgIpc) is 2.89. The zero-order valence-corrected chi connectivity index (χ0v) is 10.3. The van der Waals surface area contributed by atoms with Gasteiger partial charge in [-0.05, 0) is 36.4 Å². The van der Waals surface area contributed by atoms with Crippen molar-refractivity contribution in [2.75, 3.05) is 13.2 Å². The van der Waals surface area contributed by atoms with Gasteiger partial charge in [-0.15, -0.1) is 0 Å². The van der Waals surface area contributed by atoms with Gasteiger partial charge in [-0.1, -0.05) is 0 Å². The normalized spacial score (nSPS) is 10.8. The summed E-state index contributed by atoms with van der Waals surface area (Å²) >= 11 is 0. The Bertz CT molecular complexity index is 642. The summed E-state index contributed by atoms with van der Waals surface area (Å²) in [5.41, 5.74) is 8.05. The Kier molecular flexibility index (Phi) is 3.12. The SMILES string of the molecule is NCCOc1ccc(-c2nc3ncccc3[nH]2)cc1. The molecule has 2 aromatic heterocycles. The van der Waals surface area contributed by atoms with Crippen molar-refractivity contribution < 1.29 is 4.74 Å². The third-order valence-corrected chi connectivity index (χ3v) is 2.77. The van der Waals surface area contributed by atoms with Gasteiger partial charge < -0.3 is 15.5 Å². The fraction of sp³-hybridized carbons (Fsp3) is 0.143. The maximum atomic E-state index is 5.44. The first-order valence-electron chi connectivity index (χ1n) is 6.11. The van der Waals surface area contributed by atoms with Crippen molar-refractivity contribution in [1.29, 1.82) is 0 Å². The van der Waals surface area contributed by atoms with E-state index in [4.69, 9.17) is 10.5 Å². The molecule has 1 aromatic carbocycles. The van der Waals surface area contributed by atoms with Gasteiger partial charge in [0.2, 0.25) is 0 Å². The van der Waals surface area contributed by atoms with Crippen molar-refractivity contribution in [2.45, 2.75) is 0 Å². The minimum atomic E-state index is 0.511. The van der Waals surface area contributed by atoms with Crippen LogP contribution in [0.3, 0.4) is 0 Å². The van der Waals surface area contributed by atoms with Crippen LogP contribution in [0, 0.1) is 0 Å². The Hall–Kier alpha value is -2.40. The molecule has 5 nitrogen and oxygen atoms in total. The van der Waals surface area contributed by atoms with Crippen molar-refractivity contribution in [3.05, 3.63) is 42.6 Å². The Morgan fingerprint density at radius 3 is 2.74 bits per heavy atom. The van der Waals surface area contributed by atoms with E-state index in [1.54, 1.807) is 6.20 Å². The monoisotopic (exact) mass is 254 g/mol. The van der Waals surface area contributed by atoms with Crippen molar-refractivity contribution in [3.63, 3.8) is 0 Å². The maximum absolute atomic E-state index is 5.44. The lowest BCUT2D eigenvalue weighted by Crippen LogP contribution is -2.10. The maximum Gasteiger partial charge on any atom is 0.178 e. The summed E-state index contributed by atoms with van der Waals surface area (Å²) in [4.78, 5) is 11.9. The molecule has 0 aliphatic heterocycles. The molecule has 0 amide bonds. The largest absolute Gasteiger partial charge is 0.492 e. The molecule has 3 rings (SSSR count). The quantitative estimate of drug-likeness (QED) is 0.746. The van der Waals surface area contributed by atoms with Crippen LogP contribution in [0.1, 0.15) is 0 Å². The Morgan fingerprint density at radius 1 is 1.16 bits per heavy atom. The van der Waals surface area contributed by atoms with Crippen molar-refractivity contribution in [1.82, 2.24) is 15.0 Å². The number of imidazole rings is 1. The molecule has 0 aliphatic carbocycles. The Labute approximate surface area is 110 Å². The average molecular weight is 254 g/mol. The number of H-pyrrole nitrogens is 1. The molecule has 0 saturated heterocycles. The van der Waals surface area contributed by atoms with Crippen LogP contribution in [0.15, 0.2) is 42.6 Å². The number of hydrogen-bond acceptors (Lipinski definition) is 4. The van der Waals surface area contributed by atoms with Crippen molar-refractivity contribution >= 4 is 11.2 Å². The van der Waals surface area contributed by atoms with Gasteiger partial charge in [0.05, 0.1) is 5.52 Å². The van der Waals surface area contributed by atoms with Crippen LogP contribution in [0.25, 0.3) is 22.6 Å². The van der Waals surface area contributed by atoms with Crippen molar-refractivity contribution in [2.24, 2.45) is 5.73 Å². The lowest BCUT2D eigenvalue weighted by molar-refractivity contribution is 0.328. The van der Waals surface area contributed by atoms with E-state index in [1.807, 2.05) is 36.4 Å². The second-order valence-electron chi connectivity index (χ2n) is 4.12. The number of rotatable bonds is 4. The molecular weight excluding hydrogens is 240 g/mol. The molecule has 0 spiro atoms. The number of fused-ring (bicyclic) bond motifs is 1. The topological polar surface area (TPSA) is 76.8 Å². The van der Waals surface area contributed by atoms with Gasteiger partial charge >= 0.3 is 0 Å². The number of pyridine rings is 1. The zero-order chi connectivity index (χ0) is 13.1. The summed E-state index contributed by atoms with van der Waals surface area (Å²) in [6.07, 6.45) is 1.73. The smallest absolute Gasteiger partial charge is 0.178 e. The molecule has 0 aliphatic rings. The van der Waals surface area contributed by atoms with Gasteiger partial charge in [0, 0.05) is 18.3 Å². The van der Waals surface area contributed by atoms with Gasteiger partial charge in [-0.25, -0.2) is 9.97 Å². The first kappa shape index (κ1) is 11.7. The number of nitrogens with one attached hydrogen (secondary N) is 1. The predicted molar refractivity (Wildman–Crippen MR) is 73.9 cm³/mol. The van der Waals surface area contributed by atoms with Crippen LogP contribution in [-0.4, -0.2) is 28.1 Å². The second-order valence-corrected chi connectivity index (χ2v) is 4.12. The fourth-order valence-electron chi connectivity index (χ4n) is 1.87. The highest BCUT2D eigenvalue weighted by atomic mass is 16.5. The first-order valence-corrected chi connectivity index (χ1v) is 6.11. The summed E-state index contributed by atoms with van der Waals surface area (Å²) < 4.78 is 5.44. The number of aromatic amines is 1. The zero-order valence-electron chi connectivity index (χ0n) is 10.3. The molecule has 0 atom stereocenters. The van der Waals surface area contributed by atoms with Crippen LogP contribution < -0.4 is 10.5 Å². The number of nitrogens with zero attached hydrogens (tertiary/aromatic N) is 2. The van der Waals surface area contributed by atoms with E-state index in [-0.39, 0.29) is 0 Å². The molecule has 0 saturated carbocycles. The van der Waals surface area contributed by atoms with Gasteiger partial charge in [0.15, 0.2) is 5.65 Å². The molecule has 3 aromatic rings. The van der Waals surface area contributed by atoms with E-state index in [9.17, 15) is 0 Å². The van der Waals surface area contributed by atoms with Crippen LogP contribution in [0.4, 0.5) is 0 Å². The first-order chi connectivity index (χ1) is 9.36. The molecule has 96 valence electrons. The van der Waals surface area contributed by atoms with Crippen LogP contribution in [0.5, 0.6) is 5.75 Å². The third kappa shape index (κ3) is 2.41. The molecule has 3 N–H and O–H groups in total. The minimum Gasteiger partial charge on any atom is -0.492 e. The number of ether oxygens (including phenoxy) is 1. The highest BCUT2D eigenvalue weighted by molar-refractivity contribution is 5.75. The highest BCUT2D eigenvalue weighted by Crippen LogP contribution is 2.21. The number of benzene rings is 1. The molecule has 0 unspecified atom stereocenters. The lowest BCUT2D eigenvalue weighted by atomic mass is 10.2. The predicted octanol–water partition coefficient (Wildman–Crippen LogP) is 1.96. The van der Waals surface area contributed by atoms with E-state index >= 15 is 0 Å². The molecule has 5 heteroatoms. The van der Waals surface area contributed by atoms with E-state index in [0.29, 0.717) is 13.2 Å².